The normalized spacial score (nSPS) is 18.6. The van der Waals surface area contributed by atoms with Crippen LogP contribution in [0, 0.1) is 13.8 Å². The highest BCUT2D eigenvalue weighted by Gasteiger charge is 2.36. The van der Waals surface area contributed by atoms with Crippen LogP contribution in [0.3, 0.4) is 0 Å². The molecule has 0 saturated carbocycles. The Kier molecular flexibility index (Phi) is 7.92. The molecule has 3 aromatic rings. The Bertz CT molecular complexity index is 1390. The lowest BCUT2D eigenvalue weighted by atomic mass is 10.0. The van der Waals surface area contributed by atoms with Crippen molar-refractivity contribution >= 4 is 23.9 Å². The van der Waals surface area contributed by atoms with Crippen molar-refractivity contribution < 1.29 is 14.4 Å². The Morgan fingerprint density at radius 2 is 1.38 bits per heavy atom. The van der Waals surface area contributed by atoms with Gasteiger partial charge in [-0.25, -0.2) is 4.79 Å². The molecule has 40 heavy (non-hydrogen) atoms. The van der Waals surface area contributed by atoms with E-state index in [2.05, 4.69) is 36.1 Å². The highest BCUT2D eigenvalue weighted by Crippen LogP contribution is 2.28. The third-order valence-electron chi connectivity index (χ3n) is 8.48. The summed E-state index contributed by atoms with van der Waals surface area (Å²) < 4.78 is 0. The number of aldehydes is 1. The van der Waals surface area contributed by atoms with Crippen molar-refractivity contribution in [2.24, 2.45) is 0 Å². The molecule has 0 radical (unpaired) electrons. The molecule has 0 spiro atoms. The van der Waals surface area contributed by atoms with Gasteiger partial charge in [-0.3, -0.25) is 9.59 Å². The first-order valence-corrected chi connectivity index (χ1v) is 14.0. The monoisotopic (exact) mass is 538 g/mol. The number of hydrogen-bond donors (Lipinski definition) is 0. The number of carbonyl (C=O) groups is 3. The number of rotatable bonds is 6. The van der Waals surface area contributed by atoms with Crippen molar-refractivity contribution in [1.29, 1.82) is 0 Å². The standard InChI is InChI=1S/C33H38N4O3/c1-23-5-8-25(9-6-23)26-10-12-27(13-11-26)32(39)34(3)29-16-18-37(21-29)33(40)35(4)30-15-17-36(20-30)31-14-7-24(2)19-28(31)22-38/h5-14,19,22,29-30H,15-18,20-21H2,1-4H3. The first kappa shape index (κ1) is 27.4. The van der Waals surface area contributed by atoms with Crippen LogP contribution in [0.4, 0.5) is 10.5 Å². The fraction of sp³-hybridized carbons (Fsp3) is 0.364. The maximum Gasteiger partial charge on any atom is 0.320 e. The van der Waals surface area contributed by atoms with E-state index in [1.165, 1.54) is 5.56 Å². The molecular weight excluding hydrogens is 500 g/mol. The number of amides is 3. The van der Waals surface area contributed by atoms with Crippen LogP contribution in [0.15, 0.2) is 66.7 Å². The maximum absolute atomic E-state index is 13.4. The van der Waals surface area contributed by atoms with Crippen LogP contribution < -0.4 is 4.90 Å². The summed E-state index contributed by atoms with van der Waals surface area (Å²) in [4.78, 5) is 46.0. The van der Waals surface area contributed by atoms with Gasteiger partial charge < -0.3 is 19.6 Å². The highest BCUT2D eigenvalue weighted by molar-refractivity contribution is 5.95. The van der Waals surface area contributed by atoms with Gasteiger partial charge in [0.15, 0.2) is 6.29 Å². The van der Waals surface area contributed by atoms with Gasteiger partial charge in [-0.1, -0.05) is 53.6 Å². The number of hydrogen-bond acceptors (Lipinski definition) is 4. The molecule has 7 heteroatoms. The van der Waals surface area contributed by atoms with Crippen molar-refractivity contribution in [1.82, 2.24) is 14.7 Å². The predicted molar refractivity (Wildman–Crippen MR) is 159 cm³/mol. The van der Waals surface area contributed by atoms with Gasteiger partial charge in [0.2, 0.25) is 0 Å². The fourth-order valence-electron chi connectivity index (χ4n) is 5.86. The number of aryl methyl sites for hydroxylation is 2. The molecule has 0 aliphatic carbocycles. The summed E-state index contributed by atoms with van der Waals surface area (Å²) in [7, 11) is 3.70. The van der Waals surface area contributed by atoms with Gasteiger partial charge >= 0.3 is 6.03 Å². The highest BCUT2D eigenvalue weighted by atomic mass is 16.2. The van der Waals surface area contributed by atoms with E-state index in [4.69, 9.17) is 0 Å². The zero-order valence-electron chi connectivity index (χ0n) is 23.8. The quantitative estimate of drug-likeness (QED) is 0.402. The number of anilines is 1. The smallest absolute Gasteiger partial charge is 0.320 e. The van der Waals surface area contributed by atoms with Gasteiger partial charge in [0.25, 0.3) is 5.91 Å². The van der Waals surface area contributed by atoms with Crippen LogP contribution in [-0.2, 0) is 0 Å². The zero-order chi connectivity index (χ0) is 28.4. The minimum atomic E-state index is -0.0291. The third kappa shape index (κ3) is 5.60. The molecule has 2 aliphatic heterocycles. The Hall–Kier alpha value is -4.13. The van der Waals surface area contributed by atoms with Crippen molar-refractivity contribution in [3.05, 3.63) is 89.0 Å². The molecule has 2 saturated heterocycles. The Labute approximate surface area is 237 Å². The van der Waals surface area contributed by atoms with E-state index >= 15 is 0 Å². The van der Waals surface area contributed by atoms with E-state index in [9.17, 15) is 14.4 Å². The first-order valence-electron chi connectivity index (χ1n) is 14.0. The van der Waals surface area contributed by atoms with Crippen molar-refractivity contribution in [2.45, 2.75) is 38.8 Å². The number of likely N-dealkylation sites (N-methyl/N-ethyl adjacent to an activating group) is 2. The van der Waals surface area contributed by atoms with Crippen LogP contribution in [0.1, 0.15) is 44.7 Å². The molecule has 3 aromatic carbocycles. The number of carbonyl (C=O) groups excluding carboxylic acids is 3. The van der Waals surface area contributed by atoms with E-state index in [1.807, 2.05) is 73.3 Å². The lowest BCUT2D eigenvalue weighted by Gasteiger charge is -2.31. The topological polar surface area (TPSA) is 64.2 Å². The minimum absolute atomic E-state index is 0.00262. The molecule has 5 rings (SSSR count). The second-order valence-corrected chi connectivity index (χ2v) is 11.2. The van der Waals surface area contributed by atoms with E-state index in [1.54, 1.807) is 4.90 Å². The SMILES string of the molecule is Cc1ccc(-c2ccc(C(=O)N(C)C3CCN(C(=O)N(C)C4CCN(c5ccc(C)cc5C=O)C4)C3)cc2)cc1. The van der Waals surface area contributed by atoms with Gasteiger partial charge in [-0.15, -0.1) is 0 Å². The lowest BCUT2D eigenvalue weighted by molar-refractivity contribution is 0.0734. The predicted octanol–water partition coefficient (Wildman–Crippen LogP) is 5.26. The molecule has 2 atom stereocenters. The van der Waals surface area contributed by atoms with Gasteiger partial charge in [0.05, 0.1) is 12.1 Å². The minimum Gasteiger partial charge on any atom is -0.369 e. The first-order chi connectivity index (χ1) is 19.2. The Morgan fingerprint density at radius 3 is 2.05 bits per heavy atom. The summed E-state index contributed by atoms with van der Waals surface area (Å²) in [6.07, 6.45) is 2.51. The van der Waals surface area contributed by atoms with Gasteiger partial charge in [0.1, 0.15) is 0 Å². The molecule has 7 nitrogen and oxygen atoms in total. The summed E-state index contributed by atoms with van der Waals surface area (Å²) in [6.45, 7) is 6.69. The molecule has 2 aliphatic rings. The second kappa shape index (κ2) is 11.5. The van der Waals surface area contributed by atoms with E-state index in [0.717, 1.165) is 48.1 Å². The Balaban J connectivity index is 1.17. The summed E-state index contributed by atoms with van der Waals surface area (Å²) in [5.74, 6) is -0.0291. The molecule has 0 N–H and O–H groups in total. The van der Waals surface area contributed by atoms with E-state index in [-0.39, 0.29) is 24.0 Å². The van der Waals surface area contributed by atoms with Crippen LogP contribution in [0.2, 0.25) is 0 Å². The average molecular weight is 539 g/mol. The molecule has 2 unspecified atom stereocenters. The van der Waals surface area contributed by atoms with Gasteiger partial charge in [0, 0.05) is 57.1 Å². The van der Waals surface area contributed by atoms with Gasteiger partial charge in [-0.05, 0) is 62.1 Å². The average Bonchev–Trinajstić information content (AvgIpc) is 3.67. The Morgan fingerprint density at radius 1 is 0.775 bits per heavy atom. The van der Waals surface area contributed by atoms with Crippen molar-refractivity contribution in [3.8, 4) is 11.1 Å². The lowest BCUT2D eigenvalue weighted by Crippen LogP contribution is -2.47. The number of nitrogens with zero attached hydrogens (tertiary/aromatic N) is 4. The summed E-state index contributed by atoms with van der Waals surface area (Å²) in [6, 6.07) is 22.1. The molecule has 208 valence electrons. The molecule has 3 amide bonds. The summed E-state index contributed by atoms with van der Waals surface area (Å²) >= 11 is 0. The number of urea groups is 1. The van der Waals surface area contributed by atoms with Crippen molar-refractivity contribution in [2.75, 3.05) is 45.2 Å². The van der Waals surface area contributed by atoms with Crippen LogP contribution in [0.25, 0.3) is 11.1 Å². The van der Waals surface area contributed by atoms with Gasteiger partial charge in [-0.2, -0.15) is 0 Å². The fourth-order valence-corrected chi connectivity index (χ4v) is 5.86. The second-order valence-electron chi connectivity index (χ2n) is 11.2. The number of likely N-dealkylation sites (tertiary alicyclic amines) is 1. The number of benzene rings is 3. The largest absolute Gasteiger partial charge is 0.369 e. The maximum atomic E-state index is 13.4. The van der Waals surface area contributed by atoms with Crippen LogP contribution in [0.5, 0.6) is 0 Å². The molecule has 2 heterocycles. The summed E-state index contributed by atoms with van der Waals surface area (Å²) in [5, 5.41) is 0. The molecule has 0 bridgehead atoms. The summed E-state index contributed by atoms with van der Waals surface area (Å²) in [5.41, 5.74) is 6.74. The van der Waals surface area contributed by atoms with E-state index in [0.29, 0.717) is 30.8 Å². The zero-order valence-corrected chi connectivity index (χ0v) is 23.8. The molecular formula is C33H38N4O3. The van der Waals surface area contributed by atoms with Crippen LogP contribution >= 0.6 is 0 Å². The van der Waals surface area contributed by atoms with Crippen LogP contribution in [-0.4, -0.2) is 85.3 Å². The van der Waals surface area contributed by atoms with Crippen molar-refractivity contribution in [3.63, 3.8) is 0 Å². The van der Waals surface area contributed by atoms with E-state index < -0.39 is 0 Å². The third-order valence-corrected chi connectivity index (χ3v) is 8.48. The molecule has 0 aromatic heterocycles. The molecule has 2 fully saturated rings.